The number of Topliss-reactive ketones (excluding diaryl/α,β-unsaturated/α-hetero) is 1. The van der Waals surface area contributed by atoms with Gasteiger partial charge in [0.1, 0.15) is 0 Å². The Hall–Kier alpha value is -0.780. The van der Waals surface area contributed by atoms with Crippen LogP contribution >= 0.6 is 11.3 Å². The average Bonchev–Trinajstić information content (AvgIpc) is 2.90. The van der Waals surface area contributed by atoms with E-state index in [-0.39, 0.29) is 5.92 Å². The van der Waals surface area contributed by atoms with E-state index in [4.69, 9.17) is 4.74 Å². The number of thiazole rings is 1. The van der Waals surface area contributed by atoms with Crippen molar-refractivity contribution in [2.75, 3.05) is 26.8 Å². The fourth-order valence-corrected chi connectivity index (χ4v) is 2.82. The van der Waals surface area contributed by atoms with Gasteiger partial charge in [0.05, 0.1) is 24.4 Å². The van der Waals surface area contributed by atoms with Gasteiger partial charge in [-0.05, 0) is 20.4 Å². The first kappa shape index (κ1) is 12.7. The van der Waals surface area contributed by atoms with Gasteiger partial charge in [-0.1, -0.05) is 0 Å². The Bertz CT molecular complexity index is 386. The van der Waals surface area contributed by atoms with E-state index < -0.39 is 0 Å². The van der Waals surface area contributed by atoms with Crippen LogP contribution in [0, 0.1) is 12.8 Å². The Balaban J connectivity index is 1.82. The van der Waals surface area contributed by atoms with Gasteiger partial charge < -0.3 is 4.74 Å². The second kappa shape index (κ2) is 5.71. The van der Waals surface area contributed by atoms with Crippen LogP contribution < -0.4 is 0 Å². The maximum Gasteiger partial charge on any atom is 0.152 e. The molecule has 0 saturated carbocycles. The number of ketones is 1. The van der Waals surface area contributed by atoms with Crippen molar-refractivity contribution in [1.82, 2.24) is 9.88 Å². The minimum absolute atomic E-state index is 0.111. The number of aromatic nitrogens is 1. The predicted molar refractivity (Wildman–Crippen MR) is 67.1 cm³/mol. The molecule has 5 heteroatoms. The van der Waals surface area contributed by atoms with Gasteiger partial charge >= 0.3 is 0 Å². The normalized spacial score (nSPS) is 20.1. The molecule has 1 saturated heterocycles. The molecule has 0 radical (unpaired) electrons. The lowest BCUT2D eigenvalue weighted by atomic mass is 10.0. The van der Waals surface area contributed by atoms with Crippen LogP contribution in [0.2, 0.25) is 0 Å². The number of aryl methyl sites for hydroxylation is 1. The smallest absolute Gasteiger partial charge is 0.152 e. The molecule has 1 aromatic heterocycles. The van der Waals surface area contributed by atoms with Crippen LogP contribution in [-0.4, -0.2) is 42.5 Å². The summed E-state index contributed by atoms with van der Waals surface area (Å²) in [6.45, 7) is 4.65. The van der Waals surface area contributed by atoms with Gasteiger partial charge in [-0.15, -0.1) is 11.3 Å². The fraction of sp³-hybridized carbons (Fsp3) is 0.667. The fourth-order valence-electron chi connectivity index (χ4n) is 1.96. The molecule has 1 aromatic rings. The van der Waals surface area contributed by atoms with Crippen LogP contribution in [0.15, 0.2) is 5.51 Å². The summed E-state index contributed by atoms with van der Waals surface area (Å²) in [4.78, 5) is 19.4. The maximum absolute atomic E-state index is 11.9. The Morgan fingerprint density at radius 3 is 3.12 bits per heavy atom. The molecule has 4 nitrogen and oxygen atoms in total. The van der Waals surface area contributed by atoms with Crippen LogP contribution in [0.5, 0.6) is 0 Å². The lowest BCUT2D eigenvalue weighted by Gasteiger charge is -2.16. The summed E-state index contributed by atoms with van der Waals surface area (Å²) in [5.74, 6) is 0.409. The molecule has 0 aliphatic carbocycles. The van der Waals surface area contributed by atoms with Crippen LogP contribution in [0.4, 0.5) is 0 Å². The van der Waals surface area contributed by atoms with E-state index in [0.717, 1.165) is 25.3 Å². The molecule has 94 valence electrons. The molecule has 1 atom stereocenters. The van der Waals surface area contributed by atoms with E-state index >= 15 is 0 Å². The molecule has 2 heterocycles. The molecule has 0 amide bonds. The van der Waals surface area contributed by atoms with Crippen LogP contribution in [-0.2, 0) is 16.1 Å². The number of nitrogens with zero attached hydrogens (tertiary/aromatic N) is 2. The lowest BCUT2D eigenvalue weighted by Crippen LogP contribution is -2.30. The number of hydrogen-bond donors (Lipinski definition) is 0. The summed E-state index contributed by atoms with van der Waals surface area (Å²) < 4.78 is 5.24. The molecule has 1 aliphatic heterocycles. The van der Waals surface area contributed by atoms with Gasteiger partial charge in [0.25, 0.3) is 0 Å². The number of hydrogen-bond acceptors (Lipinski definition) is 5. The third-order valence-corrected chi connectivity index (χ3v) is 3.99. The van der Waals surface area contributed by atoms with Crippen molar-refractivity contribution in [1.29, 1.82) is 0 Å². The average molecular weight is 254 g/mol. The largest absolute Gasteiger partial charge is 0.381 e. The monoisotopic (exact) mass is 254 g/mol. The van der Waals surface area contributed by atoms with Gasteiger partial charge in [0, 0.05) is 23.9 Å². The number of likely N-dealkylation sites (N-methyl/N-ethyl adjacent to an activating group) is 1. The Morgan fingerprint density at radius 2 is 2.53 bits per heavy atom. The Morgan fingerprint density at radius 1 is 1.71 bits per heavy atom. The second-order valence-corrected chi connectivity index (χ2v) is 5.50. The van der Waals surface area contributed by atoms with Gasteiger partial charge in [-0.3, -0.25) is 9.69 Å². The zero-order chi connectivity index (χ0) is 12.3. The molecular weight excluding hydrogens is 236 g/mol. The van der Waals surface area contributed by atoms with Gasteiger partial charge in [-0.2, -0.15) is 0 Å². The third-order valence-electron chi connectivity index (χ3n) is 3.07. The summed E-state index contributed by atoms with van der Waals surface area (Å²) in [5.41, 5.74) is 2.92. The summed E-state index contributed by atoms with van der Waals surface area (Å²) in [7, 11) is 1.98. The molecule has 17 heavy (non-hydrogen) atoms. The molecular formula is C12H18N2O2S. The first-order valence-electron chi connectivity index (χ1n) is 5.85. The standard InChI is InChI=1S/C12H18N2O2S/c1-9-12(17-8-13-9)6-14(2)5-11(15)10-3-4-16-7-10/h8,10H,3-7H2,1-2H3. The van der Waals surface area contributed by atoms with Crippen molar-refractivity contribution in [3.63, 3.8) is 0 Å². The molecule has 0 aromatic carbocycles. The third kappa shape index (κ3) is 3.34. The molecule has 2 rings (SSSR count). The minimum atomic E-state index is 0.111. The Kier molecular flexibility index (Phi) is 4.25. The first-order valence-corrected chi connectivity index (χ1v) is 6.72. The highest BCUT2D eigenvalue weighted by molar-refractivity contribution is 7.09. The number of carbonyl (C=O) groups is 1. The summed E-state index contributed by atoms with van der Waals surface area (Å²) in [6, 6.07) is 0. The maximum atomic E-state index is 11.9. The van der Waals surface area contributed by atoms with Crippen molar-refractivity contribution >= 4 is 17.1 Å². The van der Waals surface area contributed by atoms with Crippen molar-refractivity contribution < 1.29 is 9.53 Å². The molecule has 0 spiro atoms. The zero-order valence-electron chi connectivity index (χ0n) is 10.3. The quantitative estimate of drug-likeness (QED) is 0.798. The predicted octanol–water partition coefficient (Wildman–Crippen LogP) is 1.49. The number of ether oxygens (including phenoxy) is 1. The van der Waals surface area contributed by atoms with E-state index in [1.807, 2.05) is 19.5 Å². The van der Waals surface area contributed by atoms with E-state index in [0.29, 0.717) is 18.9 Å². The van der Waals surface area contributed by atoms with Crippen molar-refractivity contribution in [3.8, 4) is 0 Å². The summed E-state index contributed by atoms with van der Waals surface area (Å²) in [5, 5.41) is 0. The van der Waals surface area contributed by atoms with Gasteiger partial charge in [0.15, 0.2) is 5.78 Å². The van der Waals surface area contributed by atoms with Crippen LogP contribution in [0.3, 0.4) is 0 Å². The summed E-state index contributed by atoms with van der Waals surface area (Å²) in [6.07, 6.45) is 0.881. The van der Waals surface area contributed by atoms with Crippen LogP contribution in [0.1, 0.15) is 17.0 Å². The van der Waals surface area contributed by atoms with Crippen LogP contribution in [0.25, 0.3) is 0 Å². The van der Waals surface area contributed by atoms with E-state index in [9.17, 15) is 4.79 Å². The second-order valence-electron chi connectivity index (χ2n) is 4.56. The lowest BCUT2D eigenvalue weighted by molar-refractivity contribution is -0.123. The number of carbonyl (C=O) groups excluding carboxylic acids is 1. The zero-order valence-corrected chi connectivity index (χ0v) is 11.1. The molecule has 0 N–H and O–H groups in total. The molecule has 1 unspecified atom stereocenters. The molecule has 1 fully saturated rings. The highest BCUT2D eigenvalue weighted by atomic mass is 32.1. The number of rotatable bonds is 5. The van der Waals surface area contributed by atoms with Gasteiger partial charge in [0.2, 0.25) is 0 Å². The van der Waals surface area contributed by atoms with E-state index in [1.165, 1.54) is 4.88 Å². The highest BCUT2D eigenvalue weighted by Gasteiger charge is 2.24. The molecule has 1 aliphatic rings. The van der Waals surface area contributed by atoms with Crippen molar-refractivity contribution in [3.05, 3.63) is 16.1 Å². The topological polar surface area (TPSA) is 42.4 Å². The summed E-state index contributed by atoms with van der Waals surface area (Å²) >= 11 is 1.65. The SMILES string of the molecule is Cc1ncsc1CN(C)CC(=O)C1CCOC1. The van der Waals surface area contributed by atoms with Crippen molar-refractivity contribution in [2.45, 2.75) is 19.9 Å². The highest BCUT2D eigenvalue weighted by Crippen LogP contribution is 2.16. The Labute approximate surface area is 106 Å². The van der Waals surface area contributed by atoms with Crippen molar-refractivity contribution in [2.24, 2.45) is 5.92 Å². The first-order chi connectivity index (χ1) is 8.16. The van der Waals surface area contributed by atoms with Gasteiger partial charge in [-0.25, -0.2) is 4.98 Å². The van der Waals surface area contributed by atoms with E-state index in [2.05, 4.69) is 9.88 Å². The molecule has 0 bridgehead atoms. The van der Waals surface area contributed by atoms with E-state index in [1.54, 1.807) is 11.3 Å². The minimum Gasteiger partial charge on any atom is -0.381 e.